The summed E-state index contributed by atoms with van der Waals surface area (Å²) in [5, 5.41) is 3.27. The van der Waals surface area contributed by atoms with E-state index in [1.165, 1.54) is 12.8 Å². The number of nitrogens with one attached hydrogen (secondary N) is 1. The number of carbonyl (C=O) groups excluding carboxylic acids is 2. The minimum Gasteiger partial charge on any atom is -0.353 e. The molecule has 2 heterocycles. The van der Waals surface area contributed by atoms with Gasteiger partial charge >= 0.3 is 0 Å². The highest BCUT2D eigenvalue weighted by molar-refractivity contribution is 5.82. The van der Waals surface area contributed by atoms with Gasteiger partial charge in [0.2, 0.25) is 11.8 Å². The standard InChI is InChI=1S/C22H31N3O2/c26-21(15-17-5-2-1-3-6-17)25-12-4-7-18(16-25)22(27)23-19-10-13-24(14-11-19)20-8-9-20/h1-3,5-6,18-20H,4,7-16H2,(H,23,27). The fourth-order valence-corrected chi connectivity index (χ4v) is 4.47. The molecule has 1 aromatic carbocycles. The molecule has 0 spiro atoms. The first-order chi connectivity index (χ1) is 13.2. The molecule has 1 atom stereocenters. The van der Waals surface area contributed by atoms with Gasteiger partial charge in [-0.2, -0.15) is 0 Å². The number of amides is 2. The number of benzene rings is 1. The normalized spacial score (nSPS) is 24.6. The molecule has 146 valence electrons. The maximum absolute atomic E-state index is 12.8. The molecule has 2 aliphatic heterocycles. The van der Waals surface area contributed by atoms with Crippen molar-refractivity contribution in [2.75, 3.05) is 26.2 Å². The van der Waals surface area contributed by atoms with E-state index in [1.807, 2.05) is 35.2 Å². The molecule has 0 radical (unpaired) electrons. The van der Waals surface area contributed by atoms with Crippen LogP contribution < -0.4 is 5.32 Å². The predicted octanol–water partition coefficient (Wildman–Crippen LogP) is 2.21. The molecular weight excluding hydrogens is 338 g/mol. The molecule has 2 amide bonds. The van der Waals surface area contributed by atoms with E-state index in [9.17, 15) is 9.59 Å². The fourth-order valence-electron chi connectivity index (χ4n) is 4.47. The van der Waals surface area contributed by atoms with Gasteiger partial charge in [-0.15, -0.1) is 0 Å². The number of nitrogens with zero attached hydrogens (tertiary/aromatic N) is 2. The second kappa shape index (κ2) is 8.42. The van der Waals surface area contributed by atoms with Crippen LogP contribution in [0.4, 0.5) is 0 Å². The lowest BCUT2D eigenvalue weighted by Crippen LogP contribution is -2.50. The van der Waals surface area contributed by atoms with Crippen molar-refractivity contribution in [1.82, 2.24) is 15.1 Å². The monoisotopic (exact) mass is 369 g/mol. The maximum Gasteiger partial charge on any atom is 0.227 e. The van der Waals surface area contributed by atoms with E-state index in [0.717, 1.165) is 56.9 Å². The summed E-state index contributed by atoms with van der Waals surface area (Å²) in [4.78, 5) is 29.8. The van der Waals surface area contributed by atoms with E-state index in [2.05, 4.69) is 10.2 Å². The maximum atomic E-state index is 12.8. The van der Waals surface area contributed by atoms with Gasteiger partial charge in [-0.1, -0.05) is 30.3 Å². The minimum atomic E-state index is -0.0556. The summed E-state index contributed by atoms with van der Waals surface area (Å²) in [6.07, 6.45) is 7.06. The molecule has 3 aliphatic rings. The molecular formula is C22H31N3O2. The first kappa shape index (κ1) is 18.5. The van der Waals surface area contributed by atoms with Crippen LogP contribution in [0.2, 0.25) is 0 Å². The molecule has 3 fully saturated rings. The Morgan fingerprint density at radius 1 is 0.963 bits per heavy atom. The zero-order chi connectivity index (χ0) is 18.6. The van der Waals surface area contributed by atoms with E-state index in [0.29, 0.717) is 19.0 Å². The van der Waals surface area contributed by atoms with E-state index in [1.54, 1.807) is 0 Å². The molecule has 1 aromatic rings. The van der Waals surface area contributed by atoms with Crippen molar-refractivity contribution in [2.24, 2.45) is 5.92 Å². The van der Waals surface area contributed by atoms with Crippen molar-refractivity contribution in [3.8, 4) is 0 Å². The second-order valence-electron chi connectivity index (χ2n) is 8.39. The number of likely N-dealkylation sites (tertiary alicyclic amines) is 2. The van der Waals surface area contributed by atoms with Crippen LogP contribution in [-0.4, -0.2) is 59.9 Å². The fraction of sp³-hybridized carbons (Fsp3) is 0.636. The van der Waals surface area contributed by atoms with Crippen LogP contribution in [0.3, 0.4) is 0 Å². The lowest BCUT2D eigenvalue weighted by molar-refractivity contribution is -0.135. The van der Waals surface area contributed by atoms with Gasteiger partial charge in [0.1, 0.15) is 0 Å². The van der Waals surface area contributed by atoms with E-state index in [-0.39, 0.29) is 17.7 Å². The van der Waals surface area contributed by atoms with Crippen molar-refractivity contribution < 1.29 is 9.59 Å². The topological polar surface area (TPSA) is 52.7 Å². The summed E-state index contributed by atoms with van der Waals surface area (Å²) in [7, 11) is 0. The van der Waals surface area contributed by atoms with Gasteiger partial charge in [0.15, 0.2) is 0 Å². The van der Waals surface area contributed by atoms with Crippen molar-refractivity contribution in [3.63, 3.8) is 0 Å². The molecule has 2 saturated heterocycles. The molecule has 4 rings (SSSR count). The number of hydrogen-bond acceptors (Lipinski definition) is 3. The van der Waals surface area contributed by atoms with Crippen LogP contribution in [0.25, 0.3) is 0 Å². The zero-order valence-corrected chi connectivity index (χ0v) is 16.1. The van der Waals surface area contributed by atoms with Gasteiger partial charge in [-0.25, -0.2) is 0 Å². The van der Waals surface area contributed by atoms with E-state index < -0.39 is 0 Å². The number of hydrogen-bond donors (Lipinski definition) is 1. The van der Waals surface area contributed by atoms with Crippen molar-refractivity contribution in [2.45, 2.75) is 57.0 Å². The highest BCUT2D eigenvalue weighted by atomic mass is 16.2. The summed E-state index contributed by atoms with van der Waals surface area (Å²) in [5.41, 5.74) is 1.04. The summed E-state index contributed by atoms with van der Waals surface area (Å²) >= 11 is 0. The Hall–Kier alpha value is -1.88. The lowest BCUT2D eigenvalue weighted by Gasteiger charge is -2.35. The van der Waals surface area contributed by atoms with Crippen molar-refractivity contribution >= 4 is 11.8 Å². The predicted molar refractivity (Wildman–Crippen MR) is 105 cm³/mol. The Bertz CT molecular complexity index is 651. The molecule has 1 N–H and O–H groups in total. The van der Waals surface area contributed by atoms with Gasteiger partial charge in [-0.3, -0.25) is 9.59 Å². The molecule has 1 aliphatic carbocycles. The Morgan fingerprint density at radius 2 is 1.70 bits per heavy atom. The molecule has 0 aromatic heterocycles. The Balaban J connectivity index is 1.25. The molecule has 1 saturated carbocycles. The van der Waals surface area contributed by atoms with E-state index in [4.69, 9.17) is 0 Å². The zero-order valence-electron chi connectivity index (χ0n) is 16.1. The van der Waals surface area contributed by atoms with Crippen molar-refractivity contribution in [1.29, 1.82) is 0 Å². The molecule has 5 heteroatoms. The molecule has 5 nitrogen and oxygen atoms in total. The Labute approximate surface area is 162 Å². The summed E-state index contributed by atoms with van der Waals surface area (Å²) < 4.78 is 0. The van der Waals surface area contributed by atoms with Crippen LogP contribution in [0.5, 0.6) is 0 Å². The van der Waals surface area contributed by atoms with Crippen LogP contribution in [0.15, 0.2) is 30.3 Å². The second-order valence-corrected chi connectivity index (χ2v) is 8.39. The third-order valence-corrected chi connectivity index (χ3v) is 6.28. The van der Waals surface area contributed by atoms with Crippen LogP contribution in [0.1, 0.15) is 44.1 Å². The smallest absolute Gasteiger partial charge is 0.227 e. The van der Waals surface area contributed by atoms with Crippen LogP contribution in [-0.2, 0) is 16.0 Å². The summed E-state index contributed by atoms with van der Waals surface area (Å²) in [5.74, 6) is 0.230. The molecule has 1 unspecified atom stereocenters. The number of piperidine rings is 2. The van der Waals surface area contributed by atoms with E-state index >= 15 is 0 Å². The summed E-state index contributed by atoms with van der Waals surface area (Å²) in [6, 6.07) is 11.0. The Kier molecular flexibility index (Phi) is 5.77. The lowest BCUT2D eigenvalue weighted by atomic mass is 9.95. The SMILES string of the molecule is O=C(NC1CCN(C2CC2)CC1)C1CCCN(C(=O)Cc2ccccc2)C1. The van der Waals surface area contributed by atoms with Gasteiger partial charge in [-0.05, 0) is 44.1 Å². The van der Waals surface area contributed by atoms with Gasteiger partial charge in [0, 0.05) is 38.3 Å². The highest BCUT2D eigenvalue weighted by Gasteiger charge is 2.33. The first-order valence-electron chi connectivity index (χ1n) is 10.5. The molecule has 0 bridgehead atoms. The third-order valence-electron chi connectivity index (χ3n) is 6.28. The average molecular weight is 370 g/mol. The molecule has 27 heavy (non-hydrogen) atoms. The van der Waals surface area contributed by atoms with Crippen LogP contribution >= 0.6 is 0 Å². The minimum absolute atomic E-state index is 0.0556. The van der Waals surface area contributed by atoms with Gasteiger partial charge < -0.3 is 15.1 Å². The Morgan fingerprint density at radius 3 is 2.41 bits per heavy atom. The van der Waals surface area contributed by atoms with Gasteiger partial charge in [0.25, 0.3) is 0 Å². The number of rotatable bonds is 5. The largest absolute Gasteiger partial charge is 0.353 e. The third kappa shape index (κ3) is 4.89. The van der Waals surface area contributed by atoms with Crippen molar-refractivity contribution in [3.05, 3.63) is 35.9 Å². The number of carbonyl (C=O) groups is 2. The first-order valence-corrected chi connectivity index (χ1v) is 10.5. The van der Waals surface area contributed by atoms with Gasteiger partial charge in [0.05, 0.1) is 12.3 Å². The van der Waals surface area contributed by atoms with Crippen LogP contribution in [0, 0.1) is 5.92 Å². The summed E-state index contributed by atoms with van der Waals surface area (Å²) in [6.45, 7) is 3.57. The average Bonchev–Trinajstić information content (AvgIpc) is 3.55. The highest BCUT2D eigenvalue weighted by Crippen LogP contribution is 2.29. The quantitative estimate of drug-likeness (QED) is 0.866.